The molecule has 0 fully saturated rings. The molecular weight excluding hydrogens is 348 g/mol. The fourth-order valence-corrected chi connectivity index (χ4v) is 2.79. The van der Waals surface area contributed by atoms with Crippen LogP contribution in [-0.2, 0) is 13.1 Å². The van der Waals surface area contributed by atoms with E-state index in [0.29, 0.717) is 18.7 Å². The number of hydrogen-bond acceptors (Lipinski definition) is 2. The Hall–Kier alpha value is -2.53. The summed E-state index contributed by atoms with van der Waals surface area (Å²) < 4.78 is 0. The van der Waals surface area contributed by atoms with Gasteiger partial charge in [-0.15, -0.1) is 0 Å². The molecule has 1 N–H and O–H groups in total. The van der Waals surface area contributed by atoms with Crippen LogP contribution in [0.5, 0.6) is 0 Å². The molecule has 0 heterocycles. The van der Waals surface area contributed by atoms with Crippen molar-refractivity contribution in [1.29, 1.82) is 0 Å². The van der Waals surface area contributed by atoms with E-state index >= 15 is 0 Å². The summed E-state index contributed by atoms with van der Waals surface area (Å²) in [6, 6.07) is 15.4. The molecule has 2 aromatic rings. The first-order chi connectivity index (χ1) is 12.4. The highest BCUT2D eigenvalue weighted by molar-refractivity contribution is 6.31. The van der Waals surface area contributed by atoms with Crippen molar-refractivity contribution in [3.8, 4) is 0 Å². The average molecular weight is 373 g/mol. The van der Waals surface area contributed by atoms with Gasteiger partial charge in [0.15, 0.2) is 5.96 Å². The van der Waals surface area contributed by atoms with E-state index in [4.69, 9.17) is 11.6 Å². The number of halogens is 1. The Labute approximate surface area is 160 Å². The number of benzene rings is 2. The van der Waals surface area contributed by atoms with E-state index in [1.165, 1.54) is 0 Å². The molecule has 0 aliphatic rings. The molecule has 0 aromatic heterocycles. The van der Waals surface area contributed by atoms with Crippen LogP contribution in [0.2, 0.25) is 5.02 Å². The summed E-state index contributed by atoms with van der Waals surface area (Å²) in [4.78, 5) is 20.0. The smallest absolute Gasteiger partial charge is 0.253 e. The van der Waals surface area contributed by atoms with Gasteiger partial charge < -0.3 is 15.1 Å². The zero-order valence-electron chi connectivity index (χ0n) is 15.7. The van der Waals surface area contributed by atoms with Gasteiger partial charge in [0.1, 0.15) is 0 Å². The number of carbonyl (C=O) groups is 1. The quantitative estimate of drug-likeness (QED) is 0.647. The Bertz CT molecular complexity index is 789. The van der Waals surface area contributed by atoms with E-state index in [-0.39, 0.29) is 5.91 Å². The van der Waals surface area contributed by atoms with Gasteiger partial charge in [-0.2, -0.15) is 0 Å². The molecule has 0 bridgehead atoms. The maximum atomic E-state index is 12.1. The van der Waals surface area contributed by atoms with Crippen LogP contribution < -0.4 is 5.32 Å². The van der Waals surface area contributed by atoms with E-state index < -0.39 is 0 Å². The number of hydrogen-bond donors (Lipinski definition) is 1. The highest BCUT2D eigenvalue weighted by Crippen LogP contribution is 2.16. The average Bonchev–Trinajstić information content (AvgIpc) is 2.63. The highest BCUT2D eigenvalue weighted by Gasteiger charge is 2.11. The van der Waals surface area contributed by atoms with E-state index in [9.17, 15) is 4.79 Å². The van der Waals surface area contributed by atoms with Gasteiger partial charge >= 0.3 is 0 Å². The van der Waals surface area contributed by atoms with Crippen LogP contribution >= 0.6 is 11.6 Å². The first-order valence-corrected chi connectivity index (χ1v) is 8.76. The lowest BCUT2D eigenvalue weighted by Crippen LogP contribution is -2.38. The second kappa shape index (κ2) is 9.25. The van der Waals surface area contributed by atoms with Gasteiger partial charge in [-0.3, -0.25) is 9.79 Å². The summed E-state index contributed by atoms with van der Waals surface area (Å²) in [6.07, 6.45) is 0. The van der Waals surface area contributed by atoms with E-state index in [1.54, 1.807) is 26.0 Å². The van der Waals surface area contributed by atoms with Gasteiger partial charge in [0.25, 0.3) is 5.91 Å². The van der Waals surface area contributed by atoms with Gasteiger partial charge in [0, 0.05) is 51.9 Å². The molecule has 26 heavy (non-hydrogen) atoms. The lowest BCUT2D eigenvalue weighted by Gasteiger charge is -2.23. The maximum Gasteiger partial charge on any atom is 0.253 e. The number of nitrogens with one attached hydrogen (secondary N) is 1. The standard InChI is InChI=1S/C20H25ClN4O/c1-22-20(25(4)14-17-9-5-6-11-18(17)21)23-13-15-8-7-10-16(12-15)19(26)24(2)3/h5-12H,13-14H2,1-4H3,(H,22,23). The van der Waals surface area contributed by atoms with Gasteiger partial charge in [0.2, 0.25) is 0 Å². The zero-order valence-corrected chi connectivity index (χ0v) is 16.4. The van der Waals surface area contributed by atoms with Crippen molar-refractivity contribution in [3.63, 3.8) is 0 Å². The molecule has 2 aromatic carbocycles. The normalized spacial score (nSPS) is 11.2. The van der Waals surface area contributed by atoms with Crippen molar-refractivity contribution in [3.05, 3.63) is 70.2 Å². The molecule has 5 nitrogen and oxygen atoms in total. The fraction of sp³-hybridized carbons (Fsp3) is 0.300. The first kappa shape index (κ1) is 19.8. The van der Waals surface area contributed by atoms with Crippen molar-refractivity contribution in [2.75, 3.05) is 28.2 Å². The predicted molar refractivity (Wildman–Crippen MR) is 108 cm³/mol. The van der Waals surface area contributed by atoms with E-state index in [2.05, 4.69) is 10.3 Å². The van der Waals surface area contributed by atoms with Crippen molar-refractivity contribution in [1.82, 2.24) is 15.1 Å². The van der Waals surface area contributed by atoms with Crippen LogP contribution in [0.3, 0.4) is 0 Å². The number of aliphatic imine (C=N–C) groups is 1. The number of amides is 1. The molecular formula is C20H25ClN4O. The SMILES string of the molecule is CN=C(NCc1cccc(C(=O)N(C)C)c1)N(C)Cc1ccccc1Cl. The molecule has 6 heteroatoms. The minimum atomic E-state index is -0.00734. The molecule has 0 radical (unpaired) electrons. The second-order valence-corrected chi connectivity index (χ2v) is 6.66. The third-order valence-corrected chi connectivity index (χ3v) is 4.34. The Morgan fingerprint density at radius 3 is 2.50 bits per heavy atom. The van der Waals surface area contributed by atoms with Gasteiger partial charge in [-0.25, -0.2) is 0 Å². The second-order valence-electron chi connectivity index (χ2n) is 6.25. The minimum Gasteiger partial charge on any atom is -0.352 e. The summed E-state index contributed by atoms with van der Waals surface area (Å²) >= 11 is 6.24. The van der Waals surface area contributed by atoms with Gasteiger partial charge in [-0.05, 0) is 29.3 Å². The summed E-state index contributed by atoms with van der Waals surface area (Å²) in [7, 11) is 7.21. The molecule has 138 valence electrons. The Morgan fingerprint density at radius 1 is 1.12 bits per heavy atom. The Balaban J connectivity index is 2.02. The molecule has 0 spiro atoms. The molecule has 0 aliphatic carbocycles. The molecule has 2 rings (SSSR count). The van der Waals surface area contributed by atoms with Crippen LogP contribution in [-0.4, -0.2) is 49.9 Å². The summed E-state index contributed by atoms with van der Waals surface area (Å²) in [5.41, 5.74) is 2.73. The number of guanidine groups is 1. The summed E-state index contributed by atoms with van der Waals surface area (Å²) in [5, 5.41) is 4.07. The number of carbonyl (C=O) groups excluding carboxylic acids is 1. The highest BCUT2D eigenvalue weighted by atomic mass is 35.5. The monoisotopic (exact) mass is 372 g/mol. The van der Waals surface area contributed by atoms with E-state index in [0.717, 1.165) is 22.1 Å². The topological polar surface area (TPSA) is 47.9 Å². The minimum absolute atomic E-state index is 0.00734. The van der Waals surface area contributed by atoms with Gasteiger partial charge in [-0.1, -0.05) is 41.9 Å². The van der Waals surface area contributed by atoms with Crippen molar-refractivity contribution >= 4 is 23.5 Å². The van der Waals surface area contributed by atoms with Crippen LogP contribution in [0.1, 0.15) is 21.5 Å². The van der Waals surface area contributed by atoms with Crippen LogP contribution in [0, 0.1) is 0 Å². The Kier molecular flexibility index (Phi) is 7.04. The molecule has 0 unspecified atom stereocenters. The summed E-state index contributed by atoms with van der Waals surface area (Å²) in [6.45, 7) is 1.23. The molecule has 1 amide bonds. The van der Waals surface area contributed by atoms with Gasteiger partial charge in [0.05, 0.1) is 0 Å². The molecule has 0 saturated heterocycles. The number of nitrogens with zero attached hydrogens (tertiary/aromatic N) is 3. The number of rotatable bonds is 5. The maximum absolute atomic E-state index is 12.1. The molecule has 0 saturated carbocycles. The third kappa shape index (κ3) is 5.23. The third-order valence-electron chi connectivity index (χ3n) is 3.97. The fourth-order valence-electron chi connectivity index (χ4n) is 2.60. The summed E-state index contributed by atoms with van der Waals surface area (Å²) in [5.74, 6) is 0.751. The van der Waals surface area contributed by atoms with Crippen LogP contribution in [0.15, 0.2) is 53.5 Å². The largest absolute Gasteiger partial charge is 0.352 e. The van der Waals surface area contributed by atoms with Crippen molar-refractivity contribution in [2.24, 2.45) is 4.99 Å². The van der Waals surface area contributed by atoms with Crippen LogP contribution in [0.25, 0.3) is 0 Å². The predicted octanol–water partition coefficient (Wildman–Crippen LogP) is 3.25. The lowest BCUT2D eigenvalue weighted by atomic mass is 10.1. The van der Waals surface area contributed by atoms with E-state index in [1.807, 2.05) is 60.5 Å². The Morgan fingerprint density at radius 2 is 1.85 bits per heavy atom. The van der Waals surface area contributed by atoms with Crippen molar-refractivity contribution in [2.45, 2.75) is 13.1 Å². The van der Waals surface area contributed by atoms with Crippen LogP contribution in [0.4, 0.5) is 0 Å². The van der Waals surface area contributed by atoms with Crippen molar-refractivity contribution < 1.29 is 4.79 Å². The molecule has 0 atom stereocenters. The first-order valence-electron chi connectivity index (χ1n) is 8.38. The zero-order chi connectivity index (χ0) is 19.1. The lowest BCUT2D eigenvalue weighted by molar-refractivity contribution is 0.0827. The molecule has 0 aliphatic heterocycles.